The van der Waals surface area contributed by atoms with Crippen molar-refractivity contribution in [2.75, 3.05) is 6.67 Å². The lowest BCUT2D eigenvalue weighted by atomic mass is 10.2. The normalized spacial score (nSPS) is 12.6. The minimum absolute atomic E-state index is 0.156. The molecule has 60 valence electrons. The van der Waals surface area contributed by atoms with E-state index in [0.29, 0.717) is 6.42 Å². The third-order valence-corrected chi connectivity index (χ3v) is 1.15. The number of hydrogen-bond acceptors (Lipinski definition) is 2. The van der Waals surface area contributed by atoms with E-state index in [0.717, 1.165) is 0 Å². The van der Waals surface area contributed by atoms with Gasteiger partial charge in [-0.25, -0.2) is 4.79 Å². The molecule has 0 aromatic heterocycles. The Labute approximate surface area is 58.8 Å². The van der Waals surface area contributed by atoms with Crippen molar-refractivity contribution in [1.29, 1.82) is 0 Å². The number of rotatable bonds is 4. The topological polar surface area (TPSA) is 46.5 Å². The van der Waals surface area contributed by atoms with Crippen molar-refractivity contribution in [2.45, 2.75) is 25.9 Å². The monoisotopic (exact) mass is 150 g/mol. The maximum absolute atomic E-state index is 11.6. The van der Waals surface area contributed by atoms with Crippen LogP contribution in [0.4, 0.5) is 9.18 Å². The summed E-state index contributed by atoms with van der Waals surface area (Å²) in [5.41, 5.74) is 0. The van der Waals surface area contributed by atoms with Crippen molar-refractivity contribution >= 4 is 6.16 Å². The maximum atomic E-state index is 11.6. The Kier molecular flexibility index (Phi) is 4.62. The fourth-order valence-corrected chi connectivity index (χ4v) is 0.611. The van der Waals surface area contributed by atoms with Gasteiger partial charge in [0.05, 0.1) is 6.67 Å². The molecule has 1 atom stereocenters. The van der Waals surface area contributed by atoms with E-state index in [1.54, 1.807) is 6.92 Å². The molecule has 4 heteroatoms. The van der Waals surface area contributed by atoms with Crippen LogP contribution in [0.5, 0.6) is 0 Å². The van der Waals surface area contributed by atoms with Crippen LogP contribution in [0.3, 0.4) is 0 Å². The molecule has 1 N–H and O–H groups in total. The van der Waals surface area contributed by atoms with Crippen LogP contribution in [0.2, 0.25) is 0 Å². The molecular formula is C6H11FO3. The highest BCUT2D eigenvalue weighted by atomic mass is 19.1. The summed E-state index contributed by atoms with van der Waals surface area (Å²) in [6.07, 6.45) is -1.14. The molecule has 0 radical (unpaired) electrons. The zero-order valence-corrected chi connectivity index (χ0v) is 5.84. The third kappa shape index (κ3) is 4.12. The van der Waals surface area contributed by atoms with Gasteiger partial charge in [-0.2, -0.15) is 0 Å². The average Bonchev–Trinajstić information content (AvgIpc) is 1.86. The second kappa shape index (κ2) is 5.02. The summed E-state index contributed by atoms with van der Waals surface area (Å²) in [4.78, 5) is 9.90. The summed E-state index contributed by atoms with van der Waals surface area (Å²) < 4.78 is 15.9. The summed E-state index contributed by atoms with van der Waals surface area (Å²) in [6.45, 7) is 1.22. The first-order valence-electron chi connectivity index (χ1n) is 3.16. The van der Waals surface area contributed by atoms with Crippen LogP contribution in [0, 0.1) is 0 Å². The molecule has 0 spiro atoms. The zero-order valence-electron chi connectivity index (χ0n) is 5.84. The molecule has 0 aliphatic carbocycles. The predicted molar refractivity (Wildman–Crippen MR) is 33.8 cm³/mol. The van der Waals surface area contributed by atoms with Crippen molar-refractivity contribution in [3.05, 3.63) is 0 Å². The Morgan fingerprint density at radius 2 is 2.40 bits per heavy atom. The van der Waals surface area contributed by atoms with Gasteiger partial charge in [-0.3, -0.25) is 4.39 Å². The van der Waals surface area contributed by atoms with E-state index in [1.807, 2.05) is 0 Å². The summed E-state index contributed by atoms with van der Waals surface area (Å²) >= 11 is 0. The summed E-state index contributed by atoms with van der Waals surface area (Å²) in [7, 11) is 0. The van der Waals surface area contributed by atoms with Gasteiger partial charge in [-0.15, -0.1) is 0 Å². The van der Waals surface area contributed by atoms with Gasteiger partial charge >= 0.3 is 6.16 Å². The second-order valence-corrected chi connectivity index (χ2v) is 1.89. The van der Waals surface area contributed by atoms with Gasteiger partial charge in [0.15, 0.2) is 0 Å². The van der Waals surface area contributed by atoms with Crippen LogP contribution >= 0.6 is 0 Å². The molecule has 0 saturated carbocycles. The smallest absolute Gasteiger partial charge is 0.450 e. The number of ether oxygens (including phenoxy) is 1. The van der Waals surface area contributed by atoms with Crippen LogP contribution in [0.25, 0.3) is 0 Å². The van der Waals surface area contributed by atoms with Gasteiger partial charge in [-0.1, -0.05) is 6.92 Å². The molecular weight excluding hydrogens is 139 g/mol. The van der Waals surface area contributed by atoms with Crippen LogP contribution in [0.15, 0.2) is 0 Å². The van der Waals surface area contributed by atoms with Crippen molar-refractivity contribution in [1.82, 2.24) is 0 Å². The maximum Gasteiger partial charge on any atom is 0.506 e. The van der Waals surface area contributed by atoms with E-state index >= 15 is 0 Å². The number of hydrogen-bond donors (Lipinski definition) is 1. The number of alkyl halides is 1. The quantitative estimate of drug-likeness (QED) is 0.622. The van der Waals surface area contributed by atoms with Gasteiger partial charge in [0.2, 0.25) is 0 Å². The zero-order chi connectivity index (χ0) is 7.98. The highest BCUT2D eigenvalue weighted by molar-refractivity contribution is 5.57. The molecule has 0 fully saturated rings. The molecule has 10 heavy (non-hydrogen) atoms. The van der Waals surface area contributed by atoms with Gasteiger partial charge in [0.1, 0.15) is 6.10 Å². The van der Waals surface area contributed by atoms with E-state index in [9.17, 15) is 9.18 Å². The first kappa shape index (κ1) is 9.20. The van der Waals surface area contributed by atoms with Crippen LogP contribution in [-0.2, 0) is 4.74 Å². The number of carbonyl (C=O) groups is 1. The Hall–Kier alpha value is -0.800. The molecule has 0 amide bonds. The Morgan fingerprint density at radius 3 is 2.70 bits per heavy atom. The first-order chi connectivity index (χ1) is 4.70. The van der Waals surface area contributed by atoms with Crippen molar-refractivity contribution in [3.8, 4) is 0 Å². The Bertz CT molecular complexity index is 105. The fraction of sp³-hybridized carbons (Fsp3) is 0.833. The Morgan fingerprint density at radius 1 is 1.80 bits per heavy atom. The number of halogens is 1. The first-order valence-corrected chi connectivity index (χ1v) is 3.16. The lowest BCUT2D eigenvalue weighted by molar-refractivity contribution is 0.0439. The molecule has 1 unspecified atom stereocenters. The molecule has 0 aromatic rings. The molecule has 0 saturated heterocycles. The van der Waals surface area contributed by atoms with E-state index in [4.69, 9.17) is 5.11 Å². The molecule has 0 aliphatic heterocycles. The highest BCUT2D eigenvalue weighted by Crippen LogP contribution is 2.03. The third-order valence-electron chi connectivity index (χ3n) is 1.15. The molecule has 0 aliphatic rings. The van der Waals surface area contributed by atoms with Gasteiger partial charge in [-0.05, 0) is 6.42 Å². The van der Waals surface area contributed by atoms with Crippen molar-refractivity contribution in [2.24, 2.45) is 0 Å². The minimum atomic E-state index is -1.33. The summed E-state index contributed by atoms with van der Waals surface area (Å²) in [6, 6.07) is 0. The second-order valence-electron chi connectivity index (χ2n) is 1.89. The molecule has 3 nitrogen and oxygen atoms in total. The molecule has 0 heterocycles. The van der Waals surface area contributed by atoms with Crippen LogP contribution in [-0.4, -0.2) is 24.0 Å². The van der Waals surface area contributed by atoms with E-state index < -0.39 is 18.9 Å². The van der Waals surface area contributed by atoms with E-state index in [2.05, 4.69) is 4.74 Å². The van der Waals surface area contributed by atoms with Gasteiger partial charge < -0.3 is 9.84 Å². The van der Waals surface area contributed by atoms with Crippen molar-refractivity contribution < 1.29 is 19.0 Å². The van der Waals surface area contributed by atoms with Crippen LogP contribution in [0.1, 0.15) is 19.8 Å². The molecule has 0 aromatic carbocycles. The average molecular weight is 150 g/mol. The van der Waals surface area contributed by atoms with Crippen LogP contribution < -0.4 is 0 Å². The van der Waals surface area contributed by atoms with Crippen molar-refractivity contribution in [3.63, 3.8) is 0 Å². The number of carboxylic acid groups (broad SMARTS) is 1. The van der Waals surface area contributed by atoms with E-state index in [-0.39, 0.29) is 6.42 Å². The lowest BCUT2D eigenvalue weighted by Gasteiger charge is -2.10. The SMILES string of the molecule is CCC(CCF)OC(=O)O. The summed E-state index contributed by atoms with van der Waals surface area (Å²) in [5.74, 6) is 0. The minimum Gasteiger partial charge on any atom is -0.450 e. The summed E-state index contributed by atoms with van der Waals surface area (Å²) in [5, 5.41) is 8.10. The van der Waals surface area contributed by atoms with E-state index in [1.165, 1.54) is 0 Å². The largest absolute Gasteiger partial charge is 0.506 e. The molecule has 0 bridgehead atoms. The Balaban J connectivity index is 3.49. The van der Waals surface area contributed by atoms with Gasteiger partial charge in [0, 0.05) is 6.42 Å². The lowest BCUT2D eigenvalue weighted by Crippen LogP contribution is -2.16. The standard InChI is InChI=1S/C6H11FO3/c1-2-5(3-4-7)10-6(8)9/h5H,2-4H2,1H3,(H,8,9). The fourth-order valence-electron chi connectivity index (χ4n) is 0.611. The highest BCUT2D eigenvalue weighted by Gasteiger charge is 2.09. The van der Waals surface area contributed by atoms with Gasteiger partial charge in [0.25, 0.3) is 0 Å². The predicted octanol–water partition coefficient (Wildman–Crippen LogP) is 1.82. The molecule has 0 rings (SSSR count).